The summed E-state index contributed by atoms with van der Waals surface area (Å²) in [7, 11) is 0. The van der Waals surface area contributed by atoms with E-state index in [-0.39, 0.29) is 0 Å². The Bertz CT molecular complexity index is 542. The molecule has 0 aliphatic rings. The number of hydrogen-bond acceptors (Lipinski definition) is 4. The van der Waals surface area contributed by atoms with E-state index < -0.39 is 0 Å². The Morgan fingerprint density at radius 2 is 2.26 bits per heavy atom. The van der Waals surface area contributed by atoms with Crippen molar-refractivity contribution in [1.29, 1.82) is 0 Å². The molecule has 0 saturated carbocycles. The molecule has 1 heterocycles. The fraction of sp³-hybridized carbons (Fsp3) is 0.357. The Morgan fingerprint density at radius 3 is 2.95 bits per heavy atom. The first-order chi connectivity index (χ1) is 9.20. The molecule has 0 spiro atoms. The van der Waals surface area contributed by atoms with Crippen LogP contribution in [0.5, 0.6) is 5.75 Å². The van der Waals surface area contributed by atoms with Crippen LogP contribution in [0.25, 0.3) is 0 Å². The summed E-state index contributed by atoms with van der Waals surface area (Å²) in [4.78, 5) is 4.41. The molecular weight excluding hydrogens is 324 g/mol. The number of halogens is 1. The second kappa shape index (κ2) is 7.03. The smallest absolute Gasteiger partial charge is 0.140 e. The SMILES string of the molecule is CCNCc1cccc(Br)c1OCc1nc(C)cs1. The highest BCUT2D eigenvalue weighted by Crippen LogP contribution is 2.30. The predicted molar refractivity (Wildman–Crippen MR) is 82.7 cm³/mol. The number of thiazole rings is 1. The van der Waals surface area contributed by atoms with Crippen molar-refractivity contribution in [2.75, 3.05) is 6.54 Å². The minimum atomic E-state index is 0.514. The summed E-state index contributed by atoms with van der Waals surface area (Å²) in [6.45, 7) is 6.35. The Balaban J connectivity index is 2.09. The van der Waals surface area contributed by atoms with Crippen LogP contribution in [0.3, 0.4) is 0 Å². The van der Waals surface area contributed by atoms with Crippen LogP contribution >= 0.6 is 27.3 Å². The molecule has 0 fully saturated rings. The zero-order valence-corrected chi connectivity index (χ0v) is 13.5. The lowest BCUT2D eigenvalue weighted by molar-refractivity contribution is 0.299. The van der Waals surface area contributed by atoms with Crippen molar-refractivity contribution in [1.82, 2.24) is 10.3 Å². The predicted octanol–water partition coefficient (Wildman–Crippen LogP) is 3.90. The second-order valence-corrected chi connectivity index (χ2v) is 5.98. The third-order valence-corrected chi connectivity index (χ3v) is 4.19. The second-order valence-electron chi connectivity index (χ2n) is 4.18. The lowest BCUT2D eigenvalue weighted by Crippen LogP contribution is -2.13. The van der Waals surface area contributed by atoms with E-state index in [0.29, 0.717) is 6.61 Å². The highest BCUT2D eigenvalue weighted by molar-refractivity contribution is 9.10. The number of benzene rings is 1. The van der Waals surface area contributed by atoms with Crippen LogP contribution in [-0.2, 0) is 13.2 Å². The molecule has 0 amide bonds. The molecule has 0 radical (unpaired) electrons. The van der Waals surface area contributed by atoms with E-state index >= 15 is 0 Å². The number of nitrogens with one attached hydrogen (secondary N) is 1. The van der Waals surface area contributed by atoms with Crippen molar-refractivity contribution in [3.63, 3.8) is 0 Å². The average molecular weight is 341 g/mol. The Morgan fingerprint density at radius 1 is 1.42 bits per heavy atom. The first kappa shape index (κ1) is 14.5. The standard InChI is InChI=1S/C14H17BrN2OS/c1-3-16-7-11-5-4-6-12(15)14(11)18-8-13-17-10(2)9-19-13/h4-6,9,16H,3,7-8H2,1-2H3. The van der Waals surface area contributed by atoms with Gasteiger partial charge in [0.25, 0.3) is 0 Å². The number of nitrogens with zero attached hydrogens (tertiary/aromatic N) is 1. The molecule has 3 nitrogen and oxygen atoms in total. The van der Waals surface area contributed by atoms with Gasteiger partial charge in [0, 0.05) is 23.2 Å². The average Bonchev–Trinajstić information content (AvgIpc) is 2.81. The van der Waals surface area contributed by atoms with Crippen LogP contribution in [0.2, 0.25) is 0 Å². The Hall–Kier alpha value is -0.910. The highest BCUT2D eigenvalue weighted by Gasteiger charge is 2.09. The monoisotopic (exact) mass is 340 g/mol. The van der Waals surface area contributed by atoms with Crippen molar-refractivity contribution < 1.29 is 4.74 Å². The van der Waals surface area contributed by atoms with Gasteiger partial charge in [0.05, 0.1) is 4.47 Å². The van der Waals surface area contributed by atoms with Crippen molar-refractivity contribution >= 4 is 27.3 Å². The fourth-order valence-electron chi connectivity index (χ4n) is 1.72. The zero-order chi connectivity index (χ0) is 13.7. The van der Waals surface area contributed by atoms with Crippen LogP contribution in [0.4, 0.5) is 0 Å². The van der Waals surface area contributed by atoms with Crippen molar-refractivity contribution in [2.24, 2.45) is 0 Å². The summed E-state index contributed by atoms with van der Waals surface area (Å²) >= 11 is 5.18. The largest absolute Gasteiger partial charge is 0.485 e. The van der Waals surface area contributed by atoms with Gasteiger partial charge in [-0.25, -0.2) is 4.98 Å². The fourth-order valence-corrected chi connectivity index (χ4v) is 2.92. The molecule has 0 aliphatic carbocycles. The summed E-state index contributed by atoms with van der Waals surface area (Å²) in [5, 5.41) is 6.36. The minimum absolute atomic E-state index is 0.514. The van der Waals surface area contributed by atoms with Crippen LogP contribution in [0, 0.1) is 6.92 Å². The molecule has 1 N–H and O–H groups in total. The molecule has 2 aromatic rings. The molecule has 1 aromatic heterocycles. The van der Waals surface area contributed by atoms with Gasteiger partial charge in [-0.2, -0.15) is 0 Å². The molecule has 0 saturated heterocycles. The molecule has 0 bridgehead atoms. The van der Waals surface area contributed by atoms with Gasteiger partial charge in [-0.15, -0.1) is 11.3 Å². The van der Waals surface area contributed by atoms with Crippen molar-refractivity contribution in [3.05, 3.63) is 44.3 Å². The maximum Gasteiger partial charge on any atom is 0.140 e. The van der Waals surface area contributed by atoms with E-state index in [0.717, 1.165) is 39.6 Å². The molecule has 2 rings (SSSR count). The minimum Gasteiger partial charge on any atom is -0.485 e. The molecule has 0 atom stereocenters. The Labute approximate surface area is 126 Å². The van der Waals surface area contributed by atoms with E-state index in [1.165, 1.54) is 0 Å². The molecule has 1 aromatic carbocycles. The number of ether oxygens (including phenoxy) is 1. The summed E-state index contributed by atoms with van der Waals surface area (Å²) in [6, 6.07) is 6.10. The van der Waals surface area contributed by atoms with Crippen molar-refractivity contribution in [3.8, 4) is 5.75 Å². The lowest BCUT2D eigenvalue weighted by atomic mass is 10.2. The van der Waals surface area contributed by atoms with Gasteiger partial charge in [-0.1, -0.05) is 19.1 Å². The quantitative estimate of drug-likeness (QED) is 0.865. The maximum atomic E-state index is 5.93. The topological polar surface area (TPSA) is 34.1 Å². The molecule has 0 unspecified atom stereocenters. The van der Waals surface area contributed by atoms with Gasteiger partial charge < -0.3 is 10.1 Å². The Kier molecular flexibility index (Phi) is 5.36. The number of aryl methyl sites for hydroxylation is 1. The van der Waals surface area contributed by atoms with Crippen LogP contribution < -0.4 is 10.1 Å². The van der Waals surface area contributed by atoms with E-state index in [1.807, 2.05) is 24.4 Å². The van der Waals surface area contributed by atoms with E-state index in [1.54, 1.807) is 11.3 Å². The van der Waals surface area contributed by atoms with Gasteiger partial charge >= 0.3 is 0 Å². The summed E-state index contributed by atoms with van der Waals surface area (Å²) < 4.78 is 6.91. The molecule has 102 valence electrons. The highest BCUT2D eigenvalue weighted by atomic mass is 79.9. The maximum absolute atomic E-state index is 5.93. The van der Waals surface area contributed by atoms with Crippen molar-refractivity contribution in [2.45, 2.75) is 27.0 Å². The number of para-hydroxylation sites is 1. The van der Waals surface area contributed by atoms with E-state index in [2.05, 4.69) is 39.2 Å². The van der Waals surface area contributed by atoms with Gasteiger partial charge in [0.15, 0.2) is 0 Å². The van der Waals surface area contributed by atoms with Gasteiger partial charge in [0.1, 0.15) is 17.4 Å². The summed E-state index contributed by atoms with van der Waals surface area (Å²) in [6.07, 6.45) is 0. The first-order valence-electron chi connectivity index (χ1n) is 6.22. The van der Waals surface area contributed by atoms with Gasteiger partial charge in [-0.3, -0.25) is 0 Å². The third-order valence-electron chi connectivity index (χ3n) is 2.62. The number of rotatable bonds is 6. The molecule has 19 heavy (non-hydrogen) atoms. The van der Waals surface area contributed by atoms with E-state index in [9.17, 15) is 0 Å². The summed E-state index contributed by atoms with van der Waals surface area (Å²) in [5.41, 5.74) is 2.20. The van der Waals surface area contributed by atoms with E-state index in [4.69, 9.17) is 4.74 Å². The summed E-state index contributed by atoms with van der Waals surface area (Å²) in [5.74, 6) is 0.899. The first-order valence-corrected chi connectivity index (χ1v) is 7.90. The van der Waals surface area contributed by atoms with Crippen LogP contribution in [-0.4, -0.2) is 11.5 Å². The zero-order valence-electron chi connectivity index (χ0n) is 11.1. The van der Waals surface area contributed by atoms with Crippen LogP contribution in [0.1, 0.15) is 23.2 Å². The lowest BCUT2D eigenvalue weighted by Gasteiger charge is -2.12. The number of aromatic nitrogens is 1. The van der Waals surface area contributed by atoms with Gasteiger partial charge in [0.2, 0.25) is 0 Å². The third kappa shape index (κ3) is 4.03. The molecular formula is C14H17BrN2OS. The normalized spacial score (nSPS) is 10.7. The van der Waals surface area contributed by atoms with Crippen LogP contribution in [0.15, 0.2) is 28.1 Å². The molecule has 5 heteroatoms. The number of hydrogen-bond donors (Lipinski definition) is 1. The molecule has 0 aliphatic heterocycles. The van der Waals surface area contributed by atoms with Gasteiger partial charge in [-0.05, 0) is 35.5 Å².